The average molecular weight is 393 g/mol. The van der Waals surface area contributed by atoms with Gasteiger partial charge >= 0.3 is 0 Å². The van der Waals surface area contributed by atoms with Crippen molar-refractivity contribution in [2.75, 3.05) is 23.0 Å². The minimum absolute atomic E-state index is 0.0877. The molecule has 1 fully saturated rings. The first-order valence-electron chi connectivity index (χ1n) is 6.59. The van der Waals surface area contributed by atoms with Gasteiger partial charge in [-0.25, -0.2) is 8.42 Å². The molecule has 2 aliphatic heterocycles. The number of aliphatic imine (C=N–C) groups is 1. The van der Waals surface area contributed by atoms with E-state index in [9.17, 15) is 8.42 Å². The standard InChI is InChI=1S/C13H15BrClN3O2S/c14-10-6-9(2-3-11(10)15)18-12(16)17-7-13(18)4-1-5-21(19,20)8-13/h2-3,6H,1,4-5,7-8H2,(H2,16,17). The Hall–Kier alpha value is -0.790. The minimum Gasteiger partial charge on any atom is -0.369 e. The summed E-state index contributed by atoms with van der Waals surface area (Å²) >= 11 is 9.41. The molecule has 1 aromatic rings. The number of nitrogens with zero attached hydrogens (tertiary/aromatic N) is 2. The van der Waals surface area contributed by atoms with Gasteiger partial charge in [0.2, 0.25) is 0 Å². The Morgan fingerprint density at radius 1 is 1.43 bits per heavy atom. The van der Waals surface area contributed by atoms with Gasteiger partial charge in [0, 0.05) is 10.2 Å². The van der Waals surface area contributed by atoms with Crippen molar-refractivity contribution in [2.45, 2.75) is 18.4 Å². The lowest BCUT2D eigenvalue weighted by molar-refractivity contribution is 0.434. The van der Waals surface area contributed by atoms with Crippen LogP contribution in [0.5, 0.6) is 0 Å². The molecule has 1 spiro atoms. The molecule has 0 amide bonds. The zero-order valence-electron chi connectivity index (χ0n) is 11.2. The fourth-order valence-corrected chi connectivity index (χ4v) is 5.51. The number of hydrogen-bond donors (Lipinski definition) is 1. The first-order chi connectivity index (χ1) is 9.83. The number of anilines is 1. The van der Waals surface area contributed by atoms with E-state index >= 15 is 0 Å². The van der Waals surface area contributed by atoms with Crippen LogP contribution in [0.2, 0.25) is 5.02 Å². The molecule has 0 radical (unpaired) electrons. The van der Waals surface area contributed by atoms with Crippen molar-refractivity contribution in [3.63, 3.8) is 0 Å². The van der Waals surface area contributed by atoms with Crippen LogP contribution >= 0.6 is 27.5 Å². The SMILES string of the molecule is NC1=NCC2(CCCS(=O)(=O)C2)N1c1ccc(Cl)c(Br)c1. The summed E-state index contributed by atoms with van der Waals surface area (Å²) in [6.07, 6.45) is 1.40. The number of halogens is 2. The van der Waals surface area contributed by atoms with E-state index in [4.69, 9.17) is 17.3 Å². The highest BCUT2D eigenvalue weighted by Crippen LogP contribution is 2.38. The van der Waals surface area contributed by atoms with Crippen LogP contribution in [0.25, 0.3) is 0 Å². The van der Waals surface area contributed by atoms with Gasteiger partial charge in [-0.2, -0.15) is 0 Å². The molecular formula is C13H15BrClN3O2S. The van der Waals surface area contributed by atoms with Crippen molar-refractivity contribution < 1.29 is 8.42 Å². The summed E-state index contributed by atoms with van der Waals surface area (Å²) in [5, 5.41) is 0.596. The van der Waals surface area contributed by atoms with E-state index in [0.29, 0.717) is 23.9 Å². The Kier molecular flexibility index (Phi) is 3.70. The van der Waals surface area contributed by atoms with Crippen LogP contribution in [-0.4, -0.2) is 38.0 Å². The van der Waals surface area contributed by atoms with Crippen LogP contribution in [0.4, 0.5) is 5.69 Å². The lowest BCUT2D eigenvalue weighted by Crippen LogP contribution is -2.58. The molecule has 21 heavy (non-hydrogen) atoms. The highest BCUT2D eigenvalue weighted by atomic mass is 79.9. The number of benzene rings is 1. The minimum atomic E-state index is -3.07. The number of sulfone groups is 1. The zero-order chi connectivity index (χ0) is 15.3. The van der Waals surface area contributed by atoms with Crippen molar-refractivity contribution in [1.29, 1.82) is 0 Å². The Morgan fingerprint density at radius 2 is 2.19 bits per heavy atom. The molecule has 2 heterocycles. The second-order valence-corrected chi connectivity index (χ2v) is 8.97. The third-order valence-corrected chi connectivity index (χ3v) is 7.09. The fourth-order valence-electron chi connectivity index (χ4n) is 3.12. The van der Waals surface area contributed by atoms with Gasteiger partial charge in [0.05, 0.1) is 28.6 Å². The van der Waals surface area contributed by atoms with E-state index in [-0.39, 0.29) is 11.5 Å². The second-order valence-electron chi connectivity index (χ2n) is 5.53. The maximum Gasteiger partial charge on any atom is 0.196 e. The lowest BCUT2D eigenvalue weighted by Gasteiger charge is -2.41. The largest absolute Gasteiger partial charge is 0.369 e. The Morgan fingerprint density at radius 3 is 2.86 bits per heavy atom. The summed E-state index contributed by atoms with van der Waals surface area (Å²) in [6, 6.07) is 5.44. The third-order valence-electron chi connectivity index (χ3n) is 3.99. The number of nitrogens with two attached hydrogens (primary N) is 1. The fraction of sp³-hybridized carbons (Fsp3) is 0.462. The number of guanidine groups is 1. The van der Waals surface area contributed by atoms with Gasteiger partial charge in [-0.15, -0.1) is 0 Å². The second kappa shape index (κ2) is 5.14. The number of hydrogen-bond acceptors (Lipinski definition) is 5. The number of rotatable bonds is 1. The van der Waals surface area contributed by atoms with Crippen molar-refractivity contribution >= 4 is 49.0 Å². The molecule has 2 aliphatic rings. The van der Waals surface area contributed by atoms with Crippen LogP contribution < -0.4 is 10.6 Å². The quantitative estimate of drug-likeness (QED) is 0.795. The summed E-state index contributed by atoms with van der Waals surface area (Å²) in [6.45, 7) is 0.415. The van der Waals surface area contributed by atoms with Gasteiger partial charge in [-0.1, -0.05) is 11.6 Å². The van der Waals surface area contributed by atoms with Crippen LogP contribution in [-0.2, 0) is 9.84 Å². The molecule has 1 aromatic carbocycles. The molecule has 1 unspecified atom stereocenters. The van der Waals surface area contributed by atoms with E-state index in [0.717, 1.165) is 16.6 Å². The van der Waals surface area contributed by atoms with Crippen molar-refractivity contribution in [2.24, 2.45) is 10.7 Å². The van der Waals surface area contributed by atoms with E-state index in [2.05, 4.69) is 20.9 Å². The Labute approximate surface area is 137 Å². The van der Waals surface area contributed by atoms with Crippen LogP contribution in [0.15, 0.2) is 27.7 Å². The van der Waals surface area contributed by atoms with Gasteiger partial charge in [0.25, 0.3) is 0 Å². The maximum atomic E-state index is 12.1. The molecule has 1 atom stereocenters. The first-order valence-corrected chi connectivity index (χ1v) is 9.58. The van der Waals surface area contributed by atoms with Gasteiger partial charge in [-0.3, -0.25) is 4.99 Å². The van der Waals surface area contributed by atoms with E-state index in [1.54, 1.807) is 6.07 Å². The van der Waals surface area contributed by atoms with Gasteiger partial charge in [0.1, 0.15) is 0 Å². The Bertz CT molecular complexity index is 722. The van der Waals surface area contributed by atoms with Crippen molar-refractivity contribution in [1.82, 2.24) is 0 Å². The van der Waals surface area contributed by atoms with Crippen LogP contribution in [0.1, 0.15) is 12.8 Å². The molecule has 114 valence electrons. The molecule has 0 bridgehead atoms. The summed E-state index contributed by atoms with van der Waals surface area (Å²) in [5.41, 5.74) is 6.27. The lowest BCUT2D eigenvalue weighted by atomic mass is 9.94. The van der Waals surface area contributed by atoms with Crippen molar-refractivity contribution in [3.8, 4) is 0 Å². The first kappa shape index (κ1) is 15.1. The van der Waals surface area contributed by atoms with Crippen LogP contribution in [0, 0.1) is 0 Å². The van der Waals surface area contributed by atoms with Crippen LogP contribution in [0.3, 0.4) is 0 Å². The van der Waals surface area contributed by atoms with Gasteiger partial charge in [0.15, 0.2) is 15.8 Å². The summed E-state index contributed by atoms with van der Waals surface area (Å²) in [5.74, 6) is 0.693. The summed E-state index contributed by atoms with van der Waals surface area (Å²) < 4.78 is 24.9. The third kappa shape index (κ3) is 2.66. The molecule has 1 saturated heterocycles. The monoisotopic (exact) mass is 391 g/mol. The van der Waals surface area contributed by atoms with E-state index in [1.165, 1.54) is 0 Å². The smallest absolute Gasteiger partial charge is 0.196 e. The maximum absolute atomic E-state index is 12.1. The summed E-state index contributed by atoms with van der Waals surface area (Å²) in [4.78, 5) is 6.15. The highest BCUT2D eigenvalue weighted by molar-refractivity contribution is 9.10. The molecule has 0 aromatic heterocycles. The predicted molar refractivity (Wildman–Crippen MR) is 88.7 cm³/mol. The molecule has 3 rings (SSSR count). The molecule has 0 aliphatic carbocycles. The zero-order valence-corrected chi connectivity index (χ0v) is 14.4. The summed E-state index contributed by atoms with van der Waals surface area (Å²) in [7, 11) is -3.07. The van der Waals surface area contributed by atoms with Gasteiger partial charge < -0.3 is 10.6 Å². The predicted octanol–water partition coefficient (Wildman–Crippen LogP) is 2.18. The average Bonchev–Trinajstić information content (AvgIpc) is 2.68. The molecule has 5 nitrogen and oxygen atoms in total. The topological polar surface area (TPSA) is 75.8 Å². The van der Waals surface area contributed by atoms with Gasteiger partial charge in [-0.05, 0) is 47.0 Å². The van der Waals surface area contributed by atoms with E-state index < -0.39 is 15.4 Å². The normalized spacial score (nSPS) is 27.9. The highest BCUT2D eigenvalue weighted by Gasteiger charge is 2.48. The molecule has 8 heteroatoms. The molecule has 0 saturated carbocycles. The van der Waals surface area contributed by atoms with Crippen molar-refractivity contribution in [3.05, 3.63) is 27.7 Å². The Balaban J connectivity index is 2.05. The van der Waals surface area contributed by atoms with E-state index in [1.807, 2.05) is 17.0 Å². The molecule has 2 N–H and O–H groups in total. The molecular weight excluding hydrogens is 378 g/mol.